The molecule has 3 rings (SSSR count). The predicted octanol–water partition coefficient (Wildman–Crippen LogP) is 2.63. The van der Waals surface area contributed by atoms with E-state index in [0.29, 0.717) is 19.7 Å². The van der Waals surface area contributed by atoms with E-state index in [2.05, 4.69) is 11.0 Å². The lowest BCUT2D eigenvalue weighted by Gasteiger charge is -2.39. The van der Waals surface area contributed by atoms with Gasteiger partial charge in [-0.15, -0.1) is 0 Å². The molecule has 0 N–H and O–H groups in total. The molecule has 2 aliphatic heterocycles. The van der Waals surface area contributed by atoms with Gasteiger partial charge in [0.1, 0.15) is 5.75 Å². The summed E-state index contributed by atoms with van der Waals surface area (Å²) in [7, 11) is 0. The molecule has 0 unspecified atom stereocenters. The number of hydrogen-bond acceptors (Lipinski definition) is 4. The first kappa shape index (κ1) is 20.5. The highest BCUT2D eigenvalue weighted by Gasteiger charge is 2.32. The van der Waals surface area contributed by atoms with E-state index in [1.807, 2.05) is 48.8 Å². The third-order valence-electron chi connectivity index (χ3n) is 5.75. The average Bonchev–Trinajstić information content (AvgIpc) is 2.73. The molecule has 2 heterocycles. The number of likely N-dealkylation sites (tertiary alicyclic amines) is 1. The lowest BCUT2D eigenvalue weighted by atomic mass is 9.94. The number of carbonyl (C=O) groups is 2. The second-order valence-corrected chi connectivity index (χ2v) is 7.97. The van der Waals surface area contributed by atoms with Crippen molar-refractivity contribution in [3.8, 4) is 5.75 Å². The second-order valence-electron chi connectivity index (χ2n) is 7.97. The van der Waals surface area contributed by atoms with Gasteiger partial charge in [-0.05, 0) is 31.9 Å². The maximum absolute atomic E-state index is 13.0. The van der Waals surface area contributed by atoms with Crippen LogP contribution in [-0.4, -0.2) is 67.5 Å². The molecule has 2 aliphatic rings. The van der Waals surface area contributed by atoms with Crippen molar-refractivity contribution >= 4 is 17.5 Å². The Balaban J connectivity index is 1.52. The van der Waals surface area contributed by atoms with E-state index in [4.69, 9.17) is 4.74 Å². The van der Waals surface area contributed by atoms with Gasteiger partial charge in [0.15, 0.2) is 0 Å². The first-order chi connectivity index (χ1) is 13.5. The number of amides is 2. The molecule has 0 bridgehead atoms. The van der Waals surface area contributed by atoms with E-state index in [1.54, 1.807) is 0 Å². The minimum atomic E-state index is 0.0277. The maximum Gasteiger partial charge on any atom is 0.225 e. The Morgan fingerprint density at radius 3 is 2.25 bits per heavy atom. The fourth-order valence-electron chi connectivity index (χ4n) is 4.13. The van der Waals surface area contributed by atoms with Crippen molar-refractivity contribution in [1.29, 1.82) is 0 Å². The van der Waals surface area contributed by atoms with Gasteiger partial charge in [0.05, 0.1) is 12.3 Å². The molecule has 0 spiro atoms. The van der Waals surface area contributed by atoms with Crippen LogP contribution in [0.25, 0.3) is 0 Å². The second kappa shape index (κ2) is 9.30. The van der Waals surface area contributed by atoms with Gasteiger partial charge in [-0.1, -0.05) is 26.0 Å². The number of rotatable bonds is 5. The number of para-hydroxylation sites is 2. The molecular formula is C22H33N3O3. The quantitative estimate of drug-likeness (QED) is 0.779. The van der Waals surface area contributed by atoms with Gasteiger partial charge >= 0.3 is 0 Å². The first-order valence-corrected chi connectivity index (χ1v) is 10.6. The van der Waals surface area contributed by atoms with E-state index in [-0.39, 0.29) is 23.7 Å². The smallest absolute Gasteiger partial charge is 0.225 e. The Hall–Kier alpha value is -2.24. The molecular weight excluding hydrogens is 354 g/mol. The predicted molar refractivity (Wildman–Crippen MR) is 111 cm³/mol. The fraction of sp³-hybridized carbons (Fsp3) is 0.636. The largest absolute Gasteiger partial charge is 0.492 e. The van der Waals surface area contributed by atoms with Crippen LogP contribution in [0, 0.1) is 11.8 Å². The summed E-state index contributed by atoms with van der Waals surface area (Å²) < 4.78 is 5.75. The molecule has 28 heavy (non-hydrogen) atoms. The standard InChI is InChI=1S/C22H33N3O3/c1-4-28-20-8-6-5-7-19(20)23-13-15-25(16-14-23)22(27)18-9-11-24(12-10-18)21(26)17(2)3/h5-8,17-18H,4,9-16H2,1-3H3. The third kappa shape index (κ3) is 4.59. The monoisotopic (exact) mass is 387 g/mol. The molecule has 154 valence electrons. The molecule has 1 aromatic carbocycles. The van der Waals surface area contributed by atoms with Crippen LogP contribution in [0.15, 0.2) is 24.3 Å². The molecule has 0 saturated carbocycles. The van der Waals surface area contributed by atoms with Crippen molar-refractivity contribution < 1.29 is 14.3 Å². The number of ether oxygens (including phenoxy) is 1. The Morgan fingerprint density at radius 1 is 1.00 bits per heavy atom. The summed E-state index contributed by atoms with van der Waals surface area (Å²) in [6.07, 6.45) is 1.56. The van der Waals surface area contributed by atoms with Crippen molar-refractivity contribution in [3.63, 3.8) is 0 Å². The van der Waals surface area contributed by atoms with Gasteiger partial charge in [-0.25, -0.2) is 0 Å². The zero-order chi connectivity index (χ0) is 20.1. The summed E-state index contributed by atoms with van der Waals surface area (Å²) in [6, 6.07) is 8.11. The Kier molecular flexibility index (Phi) is 6.81. The average molecular weight is 388 g/mol. The molecule has 0 aromatic heterocycles. The number of piperazine rings is 1. The van der Waals surface area contributed by atoms with Gasteiger partial charge in [0.25, 0.3) is 0 Å². The first-order valence-electron chi connectivity index (χ1n) is 10.6. The summed E-state index contributed by atoms with van der Waals surface area (Å²) in [6.45, 7) is 11.0. The van der Waals surface area contributed by atoms with Crippen LogP contribution in [0.3, 0.4) is 0 Å². The molecule has 0 aliphatic carbocycles. The van der Waals surface area contributed by atoms with Crippen LogP contribution in [0.2, 0.25) is 0 Å². The number of piperidine rings is 1. The highest BCUT2D eigenvalue weighted by atomic mass is 16.5. The normalized spacial score (nSPS) is 18.5. The van der Waals surface area contributed by atoms with Crippen LogP contribution in [0.5, 0.6) is 5.75 Å². The van der Waals surface area contributed by atoms with Crippen LogP contribution < -0.4 is 9.64 Å². The van der Waals surface area contributed by atoms with Crippen molar-refractivity contribution in [2.24, 2.45) is 11.8 Å². The SMILES string of the molecule is CCOc1ccccc1N1CCN(C(=O)C2CCN(C(=O)C(C)C)CC2)CC1. The summed E-state index contributed by atoms with van der Waals surface area (Å²) in [4.78, 5) is 31.3. The van der Waals surface area contributed by atoms with E-state index >= 15 is 0 Å². The van der Waals surface area contributed by atoms with Crippen molar-refractivity contribution in [1.82, 2.24) is 9.80 Å². The van der Waals surface area contributed by atoms with Crippen molar-refractivity contribution in [2.45, 2.75) is 33.6 Å². The number of anilines is 1. The minimum absolute atomic E-state index is 0.0277. The molecule has 2 fully saturated rings. The van der Waals surface area contributed by atoms with Gasteiger partial charge in [-0.3, -0.25) is 9.59 Å². The van der Waals surface area contributed by atoms with Gasteiger partial charge in [0, 0.05) is 51.1 Å². The lowest BCUT2D eigenvalue weighted by Crippen LogP contribution is -2.52. The summed E-state index contributed by atoms with van der Waals surface area (Å²) in [5.74, 6) is 1.45. The zero-order valence-electron chi connectivity index (χ0n) is 17.4. The fourth-order valence-corrected chi connectivity index (χ4v) is 4.13. The highest BCUT2D eigenvalue weighted by Crippen LogP contribution is 2.29. The minimum Gasteiger partial charge on any atom is -0.492 e. The number of carbonyl (C=O) groups excluding carboxylic acids is 2. The van der Waals surface area contributed by atoms with E-state index in [9.17, 15) is 9.59 Å². The summed E-state index contributed by atoms with van der Waals surface area (Å²) in [5.41, 5.74) is 1.11. The van der Waals surface area contributed by atoms with Crippen LogP contribution in [0.1, 0.15) is 33.6 Å². The Morgan fingerprint density at radius 2 is 1.64 bits per heavy atom. The Labute approximate surface area is 168 Å². The molecule has 6 heteroatoms. The molecule has 2 amide bonds. The topological polar surface area (TPSA) is 53.1 Å². The zero-order valence-corrected chi connectivity index (χ0v) is 17.4. The summed E-state index contributed by atoms with van der Waals surface area (Å²) in [5, 5.41) is 0. The van der Waals surface area contributed by atoms with E-state index in [0.717, 1.165) is 50.5 Å². The van der Waals surface area contributed by atoms with Crippen LogP contribution in [0.4, 0.5) is 5.69 Å². The molecule has 6 nitrogen and oxygen atoms in total. The van der Waals surface area contributed by atoms with Crippen molar-refractivity contribution in [2.75, 3.05) is 50.8 Å². The van der Waals surface area contributed by atoms with Gasteiger partial charge in [0.2, 0.25) is 11.8 Å². The van der Waals surface area contributed by atoms with Gasteiger partial charge in [-0.2, -0.15) is 0 Å². The van der Waals surface area contributed by atoms with E-state index in [1.165, 1.54) is 0 Å². The Bertz CT molecular complexity index is 675. The van der Waals surface area contributed by atoms with Gasteiger partial charge < -0.3 is 19.4 Å². The summed E-state index contributed by atoms with van der Waals surface area (Å²) >= 11 is 0. The molecule has 2 saturated heterocycles. The number of nitrogens with zero attached hydrogens (tertiary/aromatic N) is 3. The number of benzene rings is 1. The molecule has 1 aromatic rings. The third-order valence-corrected chi connectivity index (χ3v) is 5.75. The maximum atomic E-state index is 13.0. The van der Waals surface area contributed by atoms with E-state index < -0.39 is 0 Å². The van der Waals surface area contributed by atoms with Crippen molar-refractivity contribution in [3.05, 3.63) is 24.3 Å². The highest BCUT2D eigenvalue weighted by molar-refractivity contribution is 5.81. The van der Waals surface area contributed by atoms with Crippen LogP contribution in [-0.2, 0) is 9.59 Å². The number of hydrogen-bond donors (Lipinski definition) is 0. The van der Waals surface area contributed by atoms with Crippen LogP contribution >= 0.6 is 0 Å². The molecule has 0 radical (unpaired) electrons. The lowest BCUT2D eigenvalue weighted by molar-refractivity contribution is -0.142. The molecule has 0 atom stereocenters.